The molecule has 4 heteroatoms. The van der Waals surface area contributed by atoms with Crippen molar-refractivity contribution in [2.75, 3.05) is 5.32 Å². The lowest BCUT2D eigenvalue weighted by atomic mass is 10.1. The number of hydrogen-bond acceptors (Lipinski definition) is 3. The van der Waals surface area contributed by atoms with E-state index in [1.807, 2.05) is 43.3 Å². The van der Waals surface area contributed by atoms with Crippen LogP contribution in [0.5, 0.6) is 0 Å². The smallest absolute Gasteiger partial charge is 0.270 e. The number of rotatable bonds is 6. The Labute approximate surface area is 154 Å². The van der Waals surface area contributed by atoms with Gasteiger partial charge in [-0.05, 0) is 42.7 Å². The fraction of sp³-hybridized carbons (Fsp3) is 0.182. The third kappa shape index (κ3) is 4.70. The third-order valence-electron chi connectivity index (χ3n) is 4.27. The van der Waals surface area contributed by atoms with Gasteiger partial charge in [-0.1, -0.05) is 54.1 Å². The van der Waals surface area contributed by atoms with Gasteiger partial charge in [0.2, 0.25) is 0 Å². The topological polar surface area (TPSA) is 54.0 Å². The molecule has 0 aliphatic rings. The number of carbonyl (C=O) groups is 1. The highest BCUT2D eigenvalue weighted by Gasteiger charge is 2.08. The number of pyridine rings is 1. The van der Waals surface area contributed by atoms with Crippen LogP contribution in [0, 0.1) is 13.8 Å². The monoisotopic (exact) mass is 345 g/mol. The van der Waals surface area contributed by atoms with E-state index in [-0.39, 0.29) is 5.91 Å². The Kier molecular flexibility index (Phi) is 5.64. The quantitative estimate of drug-likeness (QED) is 0.702. The lowest BCUT2D eigenvalue weighted by molar-refractivity contribution is 0.0946. The number of benzene rings is 2. The summed E-state index contributed by atoms with van der Waals surface area (Å²) in [7, 11) is 0. The fourth-order valence-electron chi connectivity index (χ4n) is 2.77. The van der Waals surface area contributed by atoms with E-state index in [9.17, 15) is 4.79 Å². The minimum atomic E-state index is -0.174. The Morgan fingerprint density at radius 3 is 2.62 bits per heavy atom. The lowest BCUT2D eigenvalue weighted by Gasteiger charge is -2.10. The van der Waals surface area contributed by atoms with Crippen molar-refractivity contribution in [3.8, 4) is 0 Å². The van der Waals surface area contributed by atoms with Gasteiger partial charge in [0.15, 0.2) is 0 Å². The van der Waals surface area contributed by atoms with Crippen molar-refractivity contribution in [2.45, 2.75) is 26.9 Å². The number of carbonyl (C=O) groups excluding carboxylic acids is 1. The molecular weight excluding hydrogens is 322 g/mol. The number of anilines is 1. The Morgan fingerprint density at radius 1 is 0.962 bits per heavy atom. The number of amides is 1. The molecule has 0 radical (unpaired) electrons. The van der Waals surface area contributed by atoms with E-state index >= 15 is 0 Å². The molecule has 1 heterocycles. The van der Waals surface area contributed by atoms with Crippen LogP contribution in [0.2, 0.25) is 0 Å². The molecule has 2 aromatic carbocycles. The van der Waals surface area contributed by atoms with Crippen LogP contribution in [-0.4, -0.2) is 10.9 Å². The normalized spacial score (nSPS) is 10.4. The van der Waals surface area contributed by atoms with Crippen LogP contribution in [0.25, 0.3) is 0 Å². The highest BCUT2D eigenvalue weighted by atomic mass is 16.1. The number of hydrogen-bond donors (Lipinski definition) is 2. The second kappa shape index (κ2) is 8.30. The zero-order valence-corrected chi connectivity index (χ0v) is 15.1. The van der Waals surface area contributed by atoms with Crippen LogP contribution in [-0.2, 0) is 13.1 Å². The van der Waals surface area contributed by atoms with Crippen molar-refractivity contribution >= 4 is 11.6 Å². The maximum Gasteiger partial charge on any atom is 0.270 e. The maximum atomic E-state index is 12.4. The summed E-state index contributed by atoms with van der Waals surface area (Å²) in [6.07, 6.45) is 1.65. The molecule has 132 valence electrons. The largest absolute Gasteiger partial charge is 0.381 e. The molecule has 0 bridgehead atoms. The molecule has 0 fully saturated rings. The first kappa shape index (κ1) is 17.7. The fourth-order valence-corrected chi connectivity index (χ4v) is 2.77. The summed E-state index contributed by atoms with van der Waals surface area (Å²) in [5.74, 6) is -0.174. The summed E-state index contributed by atoms with van der Waals surface area (Å²) in [4.78, 5) is 16.6. The highest BCUT2D eigenvalue weighted by Crippen LogP contribution is 2.12. The van der Waals surface area contributed by atoms with Gasteiger partial charge in [-0.2, -0.15) is 0 Å². The van der Waals surface area contributed by atoms with E-state index in [4.69, 9.17) is 0 Å². The van der Waals surface area contributed by atoms with Crippen LogP contribution in [0.3, 0.4) is 0 Å². The molecule has 1 amide bonds. The van der Waals surface area contributed by atoms with Gasteiger partial charge in [-0.3, -0.25) is 9.78 Å². The SMILES string of the molecule is Cc1cccc(CNc2ccnc(C(=O)NCc3ccccc3C)c2)c1. The number of aromatic nitrogens is 1. The first-order valence-corrected chi connectivity index (χ1v) is 8.70. The summed E-state index contributed by atoms with van der Waals surface area (Å²) in [6.45, 7) is 5.31. The van der Waals surface area contributed by atoms with Crippen molar-refractivity contribution in [3.63, 3.8) is 0 Å². The van der Waals surface area contributed by atoms with Crippen molar-refractivity contribution in [1.82, 2.24) is 10.3 Å². The van der Waals surface area contributed by atoms with Gasteiger partial charge in [0.1, 0.15) is 5.69 Å². The highest BCUT2D eigenvalue weighted by molar-refractivity contribution is 5.93. The first-order valence-electron chi connectivity index (χ1n) is 8.70. The zero-order chi connectivity index (χ0) is 18.4. The molecule has 4 nitrogen and oxygen atoms in total. The summed E-state index contributed by atoms with van der Waals surface area (Å²) in [5, 5.41) is 6.28. The Morgan fingerprint density at radius 2 is 1.81 bits per heavy atom. The van der Waals surface area contributed by atoms with Gasteiger partial charge < -0.3 is 10.6 Å². The predicted molar refractivity (Wildman–Crippen MR) is 105 cm³/mol. The van der Waals surface area contributed by atoms with Gasteiger partial charge in [0.05, 0.1) is 0 Å². The second-order valence-corrected chi connectivity index (χ2v) is 6.38. The van der Waals surface area contributed by atoms with Crippen LogP contribution < -0.4 is 10.6 Å². The van der Waals surface area contributed by atoms with Gasteiger partial charge in [-0.15, -0.1) is 0 Å². The third-order valence-corrected chi connectivity index (χ3v) is 4.27. The van der Waals surface area contributed by atoms with E-state index in [1.54, 1.807) is 12.3 Å². The van der Waals surface area contributed by atoms with Gasteiger partial charge in [0.25, 0.3) is 5.91 Å². The van der Waals surface area contributed by atoms with Crippen LogP contribution in [0.4, 0.5) is 5.69 Å². The van der Waals surface area contributed by atoms with Crippen molar-refractivity contribution in [3.05, 3.63) is 94.8 Å². The number of aryl methyl sites for hydroxylation is 2. The van der Waals surface area contributed by atoms with Crippen molar-refractivity contribution < 1.29 is 4.79 Å². The van der Waals surface area contributed by atoms with E-state index in [0.29, 0.717) is 18.8 Å². The molecule has 2 N–H and O–H groups in total. The summed E-state index contributed by atoms with van der Waals surface area (Å²) in [6, 6.07) is 20.0. The minimum Gasteiger partial charge on any atom is -0.381 e. The van der Waals surface area contributed by atoms with Crippen molar-refractivity contribution in [2.24, 2.45) is 0 Å². The molecule has 26 heavy (non-hydrogen) atoms. The van der Waals surface area contributed by atoms with Crippen LogP contribution in [0.15, 0.2) is 66.9 Å². The predicted octanol–water partition coefficient (Wildman–Crippen LogP) is 4.24. The molecule has 0 spiro atoms. The van der Waals surface area contributed by atoms with E-state index in [0.717, 1.165) is 16.8 Å². The van der Waals surface area contributed by atoms with Gasteiger partial charge in [0, 0.05) is 25.0 Å². The molecule has 0 aliphatic heterocycles. The number of nitrogens with zero attached hydrogens (tertiary/aromatic N) is 1. The van der Waals surface area contributed by atoms with Gasteiger partial charge >= 0.3 is 0 Å². The molecular formula is C22H23N3O. The van der Waals surface area contributed by atoms with E-state index < -0.39 is 0 Å². The number of nitrogens with one attached hydrogen (secondary N) is 2. The Balaban J connectivity index is 1.61. The minimum absolute atomic E-state index is 0.174. The molecule has 1 aromatic heterocycles. The zero-order valence-electron chi connectivity index (χ0n) is 15.1. The first-order chi connectivity index (χ1) is 12.6. The molecule has 0 unspecified atom stereocenters. The Hall–Kier alpha value is -3.14. The van der Waals surface area contributed by atoms with E-state index in [2.05, 4.69) is 40.7 Å². The lowest BCUT2D eigenvalue weighted by Crippen LogP contribution is -2.24. The summed E-state index contributed by atoms with van der Waals surface area (Å²) < 4.78 is 0. The molecule has 0 atom stereocenters. The average Bonchev–Trinajstić information content (AvgIpc) is 2.66. The molecule has 3 rings (SSSR count). The molecule has 0 saturated heterocycles. The summed E-state index contributed by atoms with van der Waals surface area (Å²) >= 11 is 0. The standard InChI is InChI=1S/C22H23N3O/c1-16-6-5-8-18(12-16)14-24-20-10-11-23-21(13-20)22(26)25-15-19-9-4-3-7-17(19)2/h3-13H,14-15H2,1-2H3,(H,23,24)(H,25,26). The van der Waals surface area contributed by atoms with Gasteiger partial charge in [-0.25, -0.2) is 0 Å². The van der Waals surface area contributed by atoms with E-state index in [1.165, 1.54) is 11.1 Å². The molecule has 3 aromatic rings. The summed E-state index contributed by atoms with van der Waals surface area (Å²) in [5.41, 5.74) is 5.99. The maximum absolute atomic E-state index is 12.4. The molecule has 0 aliphatic carbocycles. The van der Waals surface area contributed by atoms with Crippen LogP contribution >= 0.6 is 0 Å². The van der Waals surface area contributed by atoms with Crippen LogP contribution in [0.1, 0.15) is 32.7 Å². The average molecular weight is 345 g/mol. The van der Waals surface area contributed by atoms with Crippen molar-refractivity contribution in [1.29, 1.82) is 0 Å². The molecule has 0 saturated carbocycles. The second-order valence-electron chi connectivity index (χ2n) is 6.38. The Bertz CT molecular complexity index is 905.